The molecular weight excluding hydrogens is 452 g/mol. The minimum absolute atomic E-state index is 0.133. The molecule has 184 valence electrons. The van der Waals surface area contributed by atoms with Gasteiger partial charge in [0.2, 0.25) is 5.91 Å². The number of aromatic nitrogens is 1. The number of halogens is 2. The van der Waals surface area contributed by atoms with Crippen LogP contribution in [-0.4, -0.2) is 43.6 Å². The number of hydrogen-bond donors (Lipinski definition) is 1. The van der Waals surface area contributed by atoms with Crippen LogP contribution in [0.15, 0.2) is 54.6 Å². The predicted octanol–water partition coefficient (Wildman–Crippen LogP) is 4.40. The van der Waals surface area contributed by atoms with Crippen molar-refractivity contribution in [3.63, 3.8) is 0 Å². The molecule has 0 saturated carbocycles. The SMILES string of the molecule is CNC(=O)[C@@H](c1ccccc1)N1CCc2nc(OC)c(OC)cc2[C@@H]1CCc1ccc(F)cc1F. The molecule has 0 fully saturated rings. The number of carbonyl (C=O) groups excluding carboxylic acids is 1. The molecule has 0 spiro atoms. The monoisotopic (exact) mass is 481 g/mol. The largest absolute Gasteiger partial charge is 0.491 e. The fourth-order valence-electron chi connectivity index (χ4n) is 4.79. The molecule has 35 heavy (non-hydrogen) atoms. The van der Waals surface area contributed by atoms with Crippen LogP contribution in [0, 0.1) is 11.6 Å². The van der Waals surface area contributed by atoms with Gasteiger partial charge >= 0.3 is 0 Å². The van der Waals surface area contributed by atoms with Gasteiger partial charge in [-0.05, 0) is 41.7 Å². The summed E-state index contributed by atoms with van der Waals surface area (Å²) in [5.74, 6) is -0.438. The van der Waals surface area contributed by atoms with Gasteiger partial charge in [-0.3, -0.25) is 9.69 Å². The van der Waals surface area contributed by atoms with E-state index in [1.165, 1.54) is 19.2 Å². The molecule has 1 aromatic heterocycles. The van der Waals surface area contributed by atoms with Crippen LogP contribution in [0.2, 0.25) is 0 Å². The second-order valence-corrected chi connectivity index (χ2v) is 8.44. The third kappa shape index (κ3) is 5.12. The maximum atomic E-state index is 14.5. The smallest absolute Gasteiger partial charge is 0.256 e. The van der Waals surface area contributed by atoms with Crippen LogP contribution >= 0.6 is 0 Å². The van der Waals surface area contributed by atoms with Gasteiger partial charge in [-0.15, -0.1) is 0 Å². The highest BCUT2D eigenvalue weighted by atomic mass is 19.1. The van der Waals surface area contributed by atoms with Crippen LogP contribution in [0.5, 0.6) is 11.6 Å². The molecule has 3 aromatic rings. The number of carbonyl (C=O) groups is 1. The molecule has 1 amide bonds. The highest BCUT2D eigenvalue weighted by molar-refractivity contribution is 5.83. The number of aryl methyl sites for hydroxylation is 1. The molecule has 4 rings (SSSR count). The van der Waals surface area contributed by atoms with Gasteiger partial charge in [-0.2, -0.15) is 0 Å². The van der Waals surface area contributed by atoms with Crippen LogP contribution in [0.1, 0.15) is 40.9 Å². The Bertz CT molecular complexity index is 1190. The lowest BCUT2D eigenvalue weighted by Gasteiger charge is -2.41. The fourth-order valence-corrected chi connectivity index (χ4v) is 4.79. The normalized spacial score (nSPS) is 16.3. The lowest BCUT2D eigenvalue weighted by molar-refractivity contribution is -0.127. The van der Waals surface area contributed by atoms with Gasteiger partial charge in [-0.25, -0.2) is 13.8 Å². The van der Waals surface area contributed by atoms with Crippen molar-refractivity contribution in [1.29, 1.82) is 0 Å². The highest BCUT2D eigenvalue weighted by Crippen LogP contribution is 2.41. The lowest BCUT2D eigenvalue weighted by Crippen LogP contribution is -2.45. The van der Waals surface area contributed by atoms with Crippen LogP contribution in [-0.2, 0) is 17.6 Å². The first-order valence-corrected chi connectivity index (χ1v) is 11.5. The van der Waals surface area contributed by atoms with Gasteiger partial charge in [0.05, 0.1) is 19.9 Å². The summed E-state index contributed by atoms with van der Waals surface area (Å²) < 4.78 is 38.8. The lowest BCUT2D eigenvalue weighted by atomic mass is 9.88. The second-order valence-electron chi connectivity index (χ2n) is 8.44. The first kappa shape index (κ1) is 24.6. The quantitative estimate of drug-likeness (QED) is 0.517. The minimum atomic E-state index is -0.610. The standard InChI is InChI=1S/C27H29F2N3O3/c1-30-26(33)25(18-7-5-4-6-8-18)32-14-13-22-20(16-24(34-2)27(31-22)35-3)23(32)12-10-17-9-11-19(28)15-21(17)29/h4-9,11,15-16,23,25H,10,12-14H2,1-3H3,(H,30,33)/t23-,25+/m0/s1. The number of pyridine rings is 1. The molecule has 0 unspecified atom stereocenters. The summed E-state index contributed by atoms with van der Waals surface area (Å²) in [7, 11) is 4.71. The Morgan fingerprint density at radius 1 is 1.14 bits per heavy atom. The number of hydrogen-bond acceptors (Lipinski definition) is 5. The molecule has 2 aromatic carbocycles. The summed E-state index contributed by atoms with van der Waals surface area (Å²) in [5.41, 5.74) is 3.04. The Morgan fingerprint density at radius 2 is 1.91 bits per heavy atom. The summed E-state index contributed by atoms with van der Waals surface area (Å²) in [6.45, 7) is 0.568. The summed E-state index contributed by atoms with van der Waals surface area (Å²) in [6.07, 6.45) is 1.46. The Kier molecular flexibility index (Phi) is 7.60. The number of likely N-dealkylation sites (N-methyl/N-ethyl adjacent to an activating group) is 1. The zero-order chi connectivity index (χ0) is 24.9. The van der Waals surface area contributed by atoms with Crippen molar-refractivity contribution in [2.45, 2.75) is 31.3 Å². The van der Waals surface area contributed by atoms with Gasteiger partial charge in [-0.1, -0.05) is 36.4 Å². The number of rotatable bonds is 8. The molecule has 6 nitrogen and oxygen atoms in total. The van der Waals surface area contributed by atoms with E-state index < -0.39 is 17.7 Å². The van der Waals surface area contributed by atoms with Gasteiger partial charge < -0.3 is 14.8 Å². The van der Waals surface area contributed by atoms with Crippen LogP contribution in [0.25, 0.3) is 0 Å². The molecule has 1 aliphatic rings. The van der Waals surface area contributed by atoms with E-state index in [0.717, 1.165) is 22.9 Å². The predicted molar refractivity (Wildman–Crippen MR) is 128 cm³/mol. The summed E-state index contributed by atoms with van der Waals surface area (Å²) >= 11 is 0. The van der Waals surface area contributed by atoms with E-state index in [1.54, 1.807) is 14.2 Å². The van der Waals surface area contributed by atoms with Gasteiger partial charge in [0.1, 0.15) is 17.7 Å². The zero-order valence-corrected chi connectivity index (χ0v) is 20.1. The van der Waals surface area contributed by atoms with E-state index in [2.05, 4.69) is 15.2 Å². The zero-order valence-electron chi connectivity index (χ0n) is 20.1. The molecule has 0 aliphatic carbocycles. The first-order valence-electron chi connectivity index (χ1n) is 11.5. The molecule has 8 heteroatoms. The van der Waals surface area contributed by atoms with Gasteiger partial charge in [0.25, 0.3) is 5.88 Å². The number of amides is 1. The van der Waals surface area contributed by atoms with E-state index in [9.17, 15) is 13.6 Å². The molecule has 0 radical (unpaired) electrons. The van der Waals surface area contributed by atoms with Crippen molar-refractivity contribution in [1.82, 2.24) is 15.2 Å². The van der Waals surface area contributed by atoms with Crippen molar-refractivity contribution in [2.24, 2.45) is 0 Å². The molecule has 2 heterocycles. The van der Waals surface area contributed by atoms with Crippen LogP contribution < -0.4 is 14.8 Å². The molecule has 0 saturated heterocycles. The van der Waals surface area contributed by atoms with Crippen molar-refractivity contribution >= 4 is 5.91 Å². The van der Waals surface area contributed by atoms with Crippen molar-refractivity contribution in [2.75, 3.05) is 27.8 Å². The number of nitrogens with one attached hydrogen (secondary N) is 1. The summed E-state index contributed by atoms with van der Waals surface area (Å²) in [6, 6.07) is 14.3. The van der Waals surface area contributed by atoms with Crippen molar-refractivity contribution < 1.29 is 23.0 Å². The van der Waals surface area contributed by atoms with Crippen LogP contribution in [0.3, 0.4) is 0 Å². The topological polar surface area (TPSA) is 63.7 Å². The summed E-state index contributed by atoms with van der Waals surface area (Å²) in [5, 5.41) is 2.79. The average molecular weight is 482 g/mol. The van der Waals surface area contributed by atoms with Gasteiger partial charge in [0, 0.05) is 32.1 Å². The third-order valence-electron chi connectivity index (χ3n) is 6.49. The average Bonchev–Trinajstić information content (AvgIpc) is 2.88. The Balaban J connectivity index is 1.78. The number of benzene rings is 2. The van der Waals surface area contributed by atoms with Crippen LogP contribution in [0.4, 0.5) is 8.78 Å². The van der Waals surface area contributed by atoms with Gasteiger partial charge in [0.15, 0.2) is 5.75 Å². The maximum Gasteiger partial charge on any atom is 0.256 e. The van der Waals surface area contributed by atoms with E-state index in [1.807, 2.05) is 36.4 Å². The highest BCUT2D eigenvalue weighted by Gasteiger charge is 2.37. The third-order valence-corrected chi connectivity index (χ3v) is 6.49. The van der Waals surface area contributed by atoms with E-state index in [4.69, 9.17) is 9.47 Å². The summed E-state index contributed by atoms with van der Waals surface area (Å²) in [4.78, 5) is 19.9. The van der Waals surface area contributed by atoms with E-state index in [0.29, 0.717) is 43.0 Å². The Morgan fingerprint density at radius 3 is 2.57 bits per heavy atom. The Hall–Kier alpha value is -3.52. The van der Waals surface area contributed by atoms with Crippen molar-refractivity contribution in [3.8, 4) is 11.6 Å². The number of methoxy groups -OCH3 is 2. The fraction of sp³-hybridized carbons (Fsp3) is 0.333. The molecule has 1 aliphatic heterocycles. The molecule has 2 atom stereocenters. The number of nitrogens with zero attached hydrogens (tertiary/aromatic N) is 2. The number of fused-ring (bicyclic) bond motifs is 1. The molecule has 0 bridgehead atoms. The second kappa shape index (κ2) is 10.8. The molecule has 1 N–H and O–H groups in total. The maximum absolute atomic E-state index is 14.5. The Labute approximate surface area is 203 Å². The van der Waals surface area contributed by atoms with E-state index >= 15 is 0 Å². The first-order chi connectivity index (χ1) is 17.0. The number of ether oxygens (including phenoxy) is 2. The van der Waals surface area contributed by atoms with Crippen molar-refractivity contribution in [3.05, 3.63) is 88.6 Å². The minimum Gasteiger partial charge on any atom is -0.491 e. The molecular formula is C27H29F2N3O3. The van der Waals surface area contributed by atoms with E-state index in [-0.39, 0.29) is 11.9 Å².